The molecule has 0 aliphatic rings. The second-order valence-corrected chi connectivity index (χ2v) is 7.64. The third-order valence-corrected chi connectivity index (χ3v) is 5.34. The van der Waals surface area contributed by atoms with Gasteiger partial charge in [-0.1, -0.05) is 49.4 Å². The molecule has 0 spiro atoms. The number of benzene rings is 3. The highest BCUT2D eigenvalue weighted by Crippen LogP contribution is 2.18. The Kier molecular flexibility index (Phi) is 6.82. The van der Waals surface area contributed by atoms with Gasteiger partial charge in [-0.15, -0.1) is 0 Å². The van der Waals surface area contributed by atoms with Crippen LogP contribution in [-0.4, -0.2) is 33.3 Å². The van der Waals surface area contributed by atoms with E-state index in [4.69, 9.17) is 4.74 Å². The van der Waals surface area contributed by atoms with Crippen LogP contribution in [0.5, 0.6) is 5.75 Å². The number of aliphatic hydroxyl groups is 1. The van der Waals surface area contributed by atoms with Gasteiger partial charge in [-0.05, 0) is 48.4 Å². The summed E-state index contributed by atoms with van der Waals surface area (Å²) in [4.78, 5) is 17.1. The maximum absolute atomic E-state index is 12.5. The summed E-state index contributed by atoms with van der Waals surface area (Å²) < 4.78 is 7.71. The molecule has 4 aromatic rings. The SMILES string of the molecule is CCc1ccc(OC[C@H](O)Cn2c(CNC(=O)c3ccccc3)nc3ccccc32)cc1. The van der Waals surface area contributed by atoms with Gasteiger partial charge < -0.3 is 19.7 Å². The van der Waals surface area contributed by atoms with E-state index in [0.29, 0.717) is 17.9 Å². The Hall–Kier alpha value is -3.64. The van der Waals surface area contributed by atoms with Crippen LogP contribution in [0.3, 0.4) is 0 Å². The van der Waals surface area contributed by atoms with Crippen LogP contribution >= 0.6 is 0 Å². The Morgan fingerprint density at radius 2 is 1.75 bits per heavy atom. The van der Waals surface area contributed by atoms with E-state index in [-0.39, 0.29) is 19.1 Å². The van der Waals surface area contributed by atoms with Crippen molar-refractivity contribution in [1.29, 1.82) is 0 Å². The molecule has 6 nitrogen and oxygen atoms in total. The van der Waals surface area contributed by atoms with E-state index in [1.54, 1.807) is 12.1 Å². The topological polar surface area (TPSA) is 76.4 Å². The van der Waals surface area contributed by atoms with Crippen molar-refractivity contribution in [2.45, 2.75) is 32.5 Å². The van der Waals surface area contributed by atoms with E-state index in [2.05, 4.69) is 17.2 Å². The molecular weight excluding hydrogens is 402 g/mol. The van der Waals surface area contributed by atoms with E-state index in [0.717, 1.165) is 23.2 Å². The first-order valence-corrected chi connectivity index (χ1v) is 10.8. The first kappa shape index (κ1) is 21.6. The number of carbonyl (C=O) groups is 1. The fourth-order valence-electron chi connectivity index (χ4n) is 3.59. The largest absolute Gasteiger partial charge is 0.491 e. The molecule has 0 bridgehead atoms. The lowest BCUT2D eigenvalue weighted by molar-refractivity contribution is 0.0917. The van der Waals surface area contributed by atoms with E-state index in [9.17, 15) is 9.90 Å². The van der Waals surface area contributed by atoms with Crippen LogP contribution in [-0.2, 0) is 19.5 Å². The van der Waals surface area contributed by atoms with Gasteiger partial charge in [0.15, 0.2) is 0 Å². The number of rotatable bonds is 9. The standard InChI is InChI=1S/C26H27N3O3/c1-2-19-12-14-22(15-13-19)32-18-21(30)17-29-24-11-7-6-10-23(24)28-25(29)16-27-26(31)20-8-4-3-5-9-20/h3-15,21,30H,2,16-18H2,1H3,(H,27,31)/t21-/m1/s1. The molecule has 0 aliphatic carbocycles. The highest BCUT2D eigenvalue weighted by atomic mass is 16.5. The van der Waals surface area contributed by atoms with Crippen molar-refractivity contribution in [3.63, 3.8) is 0 Å². The van der Waals surface area contributed by atoms with Gasteiger partial charge in [-0.25, -0.2) is 4.98 Å². The number of imidazole rings is 1. The average Bonchev–Trinajstić information content (AvgIpc) is 3.19. The molecule has 0 fully saturated rings. The monoisotopic (exact) mass is 429 g/mol. The Bertz CT molecular complexity index is 1170. The maximum atomic E-state index is 12.5. The van der Waals surface area contributed by atoms with Gasteiger partial charge in [-0.2, -0.15) is 0 Å². The predicted molar refractivity (Wildman–Crippen MR) is 125 cm³/mol. The lowest BCUT2D eigenvalue weighted by Crippen LogP contribution is -2.28. The molecule has 4 rings (SSSR count). The number of nitrogens with zero attached hydrogens (tertiary/aromatic N) is 2. The lowest BCUT2D eigenvalue weighted by Gasteiger charge is -2.16. The Labute approximate surface area is 187 Å². The molecule has 164 valence electrons. The number of hydrogen-bond acceptors (Lipinski definition) is 4. The van der Waals surface area contributed by atoms with Crippen LogP contribution in [0.2, 0.25) is 0 Å². The number of carbonyl (C=O) groups excluding carboxylic acids is 1. The van der Waals surface area contributed by atoms with Crippen LogP contribution in [0.15, 0.2) is 78.9 Å². The summed E-state index contributed by atoms with van der Waals surface area (Å²) in [5.41, 5.74) is 3.56. The minimum atomic E-state index is -0.734. The number of aryl methyl sites for hydroxylation is 1. The second-order valence-electron chi connectivity index (χ2n) is 7.64. The predicted octanol–water partition coefficient (Wildman–Crippen LogP) is 3.97. The zero-order valence-corrected chi connectivity index (χ0v) is 18.1. The average molecular weight is 430 g/mol. The molecule has 1 atom stereocenters. The number of aromatic nitrogens is 2. The van der Waals surface area contributed by atoms with Gasteiger partial charge in [0.1, 0.15) is 24.3 Å². The van der Waals surface area contributed by atoms with Crippen molar-refractivity contribution in [2.24, 2.45) is 0 Å². The molecule has 0 unspecified atom stereocenters. The van der Waals surface area contributed by atoms with Gasteiger partial charge in [0, 0.05) is 5.56 Å². The molecule has 0 saturated heterocycles. The van der Waals surface area contributed by atoms with Crippen molar-refractivity contribution in [3.05, 3.63) is 95.8 Å². The number of para-hydroxylation sites is 2. The summed E-state index contributed by atoms with van der Waals surface area (Å²) in [6, 6.07) is 24.7. The number of ether oxygens (including phenoxy) is 1. The molecule has 1 aromatic heterocycles. The smallest absolute Gasteiger partial charge is 0.251 e. The molecule has 1 heterocycles. The van der Waals surface area contributed by atoms with Gasteiger partial charge in [0.25, 0.3) is 5.91 Å². The van der Waals surface area contributed by atoms with Gasteiger partial charge in [0.2, 0.25) is 0 Å². The number of fused-ring (bicyclic) bond motifs is 1. The van der Waals surface area contributed by atoms with Gasteiger partial charge in [0.05, 0.1) is 24.1 Å². The summed E-state index contributed by atoms with van der Waals surface area (Å²) in [6.45, 7) is 2.83. The Morgan fingerprint density at radius 1 is 1.03 bits per heavy atom. The third-order valence-electron chi connectivity index (χ3n) is 5.34. The Balaban J connectivity index is 1.45. The van der Waals surface area contributed by atoms with E-state index >= 15 is 0 Å². The highest BCUT2D eigenvalue weighted by Gasteiger charge is 2.16. The van der Waals surface area contributed by atoms with E-state index < -0.39 is 6.10 Å². The van der Waals surface area contributed by atoms with Crippen molar-refractivity contribution >= 4 is 16.9 Å². The Morgan fingerprint density at radius 3 is 2.50 bits per heavy atom. The maximum Gasteiger partial charge on any atom is 0.251 e. The minimum Gasteiger partial charge on any atom is -0.491 e. The molecule has 6 heteroatoms. The fourth-order valence-corrected chi connectivity index (χ4v) is 3.59. The van der Waals surface area contributed by atoms with E-state index in [1.807, 2.05) is 71.3 Å². The number of amides is 1. The number of aliphatic hydroxyl groups excluding tert-OH is 1. The van der Waals surface area contributed by atoms with E-state index in [1.165, 1.54) is 5.56 Å². The summed E-state index contributed by atoms with van der Waals surface area (Å²) >= 11 is 0. The summed E-state index contributed by atoms with van der Waals surface area (Å²) in [7, 11) is 0. The molecule has 0 radical (unpaired) electrons. The third kappa shape index (κ3) is 5.15. The van der Waals surface area contributed by atoms with Crippen molar-refractivity contribution in [3.8, 4) is 5.75 Å². The first-order chi connectivity index (χ1) is 15.6. The minimum absolute atomic E-state index is 0.161. The molecule has 1 amide bonds. The zero-order valence-electron chi connectivity index (χ0n) is 18.1. The highest BCUT2D eigenvalue weighted by molar-refractivity contribution is 5.94. The summed E-state index contributed by atoms with van der Waals surface area (Å²) in [6.07, 6.45) is 0.238. The van der Waals surface area contributed by atoms with Crippen molar-refractivity contribution in [2.75, 3.05) is 6.61 Å². The molecular formula is C26H27N3O3. The summed E-state index contributed by atoms with van der Waals surface area (Å²) in [5, 5.41) is 13.6. The normalized spacial score (nSPS) is 11.9. The van der Waals surface area contributed by atoms with Gasteiger partial charge in [-0.3, -0.25) is 4.79 Å². The fraction of sp³-hybridized carbons (Fsp3) is 0.231. The molecule has 3 aromatic carbocycles. The lowest BCUT2D eigenvalue weighted by atomic mass is 10.2. The van der Waals surface area contributed by atoms with Crippen LogP contribution in [0.4, 0.5) is 0 Å². The van der Waals surface area contributed by atoms with Crippen LogP contribution in [0.1, 0.15) is 28.7 Å². The number of nitrogens with one attached hydrogen (secondary N) is 1. The molecule has 32 heavy (non-hydrogen) atoms. The summed E-state index contributed by atoms with van der Waals surface area (Å²) in [5.74, 6) is 1.25. The van der Waals surface area contributed by atoms with Crippen molar-refractivity contribution in [1.82, 2.24) is 14.9 Å². The van der Waals surface area contributed by atoms with Crippen LogP contribution < -0.4 is 10.1 Å². The van der Waals surface area contributed by atoms with Crippen LogP contribution in [0.25, 0.3) is 11.0 Å². The number of hydrogen-bond donors (Lipinski definition) is 2. The second kappa shape index (κ2) is 10.1. The van der Waals surface area contributed by atoms with Crippen LogP contribution in [0, 0.1) is 0 Å². The first-order valence-electron chi connectivity index (χ1n) is 10.8. The molecule has 0 aliphatic heterocycles. The molecule has 0 saturated carbocycles. The van der Waals surface area contributed by atoms with Crippen molar-refractivity contribution < 1.29 is 14.6 Å². The quantitative estimate of drug-likeness (QED) is 0.422. The molecule has 2 N–H and O–H groups in total. The van der Waals surface area contributed by atoms with Gasteiger partial charge >= 0.3 is 0 Å². The zero-order chi connectivity index (χ0) is 22.3.